The molecule has 0 aliphatic rings. The van der Waals surface area contributed by atoms with Crippen LogP contribution in [-0.4, -0.2) is 14.1 Å². The predicted octanol–water partition coefficient (Wildman–Crippen LogP) is 11.6. The van der Waals surface area contributed by atoms with Crippen molar-refractivity contribution in [3.8, 4) is 22.8 Å². The Morgan fingerprint density at radius 2 is 1.00 bits per heavy atom. The van der Waals surface area contributed by atoms with E-state index in [9.17, 15) is 0 Å². The molecule has 0 unspecified atom stereocenters. The summed E-state index contributed by atoms with van der Waals surface area (Å²) in [4.78, 5) is 5.02. The third kappa shape index (κ3) is 3.47. The Hall–Kier alpha value is -6.59. The molecular formula is C43H25N3O2. The lowest BCUT2D eigenvalue weighted by molar-refractivity contribution is 0.577. The van der Waals surface area contributed by atoms with Crippen LogP contribution in [0.2, 0.25) is 0 Å². The number of fused-ring (bicyclic) bond motifs is 11. The van der Waals surface area contributed by atoms with Gasteiger partial charge in [0.2, 0.25) is 0 Å². The largest absolute Gasteiger partial charge is 0.456 e. The third-order valence-electron chi connectivity index (χ3n) is 9.77. The first-order valence-electron chi connectivity index (χ1n) is 16.1. The average molecular weight is 616 g/mol. The van der Waals surface area contributed by atoms with E-state index in [0.717, 1.165) is 66.1 Å². The van der Waals surface area contributed by atoms with Gasteiger partial charge in [-0.15, -0.1) is 0 Å². The lowest BCUT2D eigenvalue weighted by Gasteiger charge is -2.08. The Morgan fingerprint density at radius 1 is 0.417 bits per heavy atom. The Kier molecular flexibility index (Phi) is 5.05. The third-order valence-corrected chi connectivity index (χ3v) is 9.77. The highest BCUT2D eigenvalue weighted by atomic mass is 16.4. The molecular weight excluding hydrogens is 590 g/mol. The summed E-state index contributed by atoms with van der Waals surface area (Å²) in [5.41, 5.74) is 11.1. The molecule has 7 aromatic carbocycles. The fourth-order valence-electron chi connectivity index (χ4n) is 7.64. The number of hydrogen-bond acceptors (Lipinski definition) is 3. The molecule has 0 amide bonds. The lowest BCUT2D eigenvalue weighted by Crippen LogP contribution is -1.93. The van der Waals surface area contributed by atoms with Crippen LogP contribution in [0.3, 0.4) is 0 Å². The minimum atomic E-state index is 0.539. The van der Waals surface area contributed by atoms with Gasteiger partial charge in [-0.2, -0.15) is 4.98 Å². The predicted molar refractivity (Wildman–Crippen MR) is 195 cm³/mol. The van der Waals surface area contributed by atoms with Crippen LogP contribution >= 0.6 is 0 Å². The van der Waals surface area contributed by atoms with Crippen LogP contribution in [0.25, 0.3) is 99.5 Å². The minimum Gasteiger partial charge on any atom is -0.456 e. The molecule has 0 atom stereocenters. The van der Waals surface area contributed by atoms with Crippen molar-refractivity contribution in [1.82, 2.24) is 14.1 Å². The quantitative estimate of drug-likeness (QED) is 0.199. The van der Waals surface area contributed by atoms with Gasteiger partial charge < -0.3 is 13.4 Å². The van der Waals surface area contributed by atoms with Crippen LogP contribution in [0.5, 0.6) is 0 Å². The average Bonchev–Trinajstić information content (AvgIpc) is 3.90. The van der Waals surface area contributed by atoms with Gasteiger partial charge in [0.15, 0.2) is 5.58 Å². The molecule has 48 heavy (non-hydrogen) atoms. The monoisotopic (exact) mass is 615 g/mol. The molecule has 5 nitrogen and oxygen atoms in total. The summed E-state index contributed by atoms with van der Waals surface area (Å²) >= 11 is 0. The van der Waals surface area contributed by atoms with Crippen molar-refractivity contribution in [3.63, 3.8) is 0 Å². The Labute approximate surface area is 273 Å². The van der Waals surface area contributed by atoms with E-state index in [1.807, 2.05) is 30.3 Å². The fraction of sp³-hybridized carbons (Fsp3) is 0. The van der Waals surface area contributed by atoms with Gasteiger partial charge in [-0.1, -0.05) is 84.9 Å². The van der Waals surface area contributed by atoms with E-state index in [4.69, 9.17) is 13.8 Å². The Balaban J connectivity index is 1.11. The highest BCUT2D eigenvalue weighted by Crippen LogP contribution is 2.40. The second kappa shape index (κ2) is 9.47. The first-order valence-corrected chi connectivity index (χ1v) is 16.1. The van der Waals surface area contributed by atoms with E-state index < -0.39 is 0 Å². The number of hydrogen-bond donors (Lipinski definition) is 0. The summed E-state index contributed by atoms with van der Waals surface area (Å²) < 4.78 is 17.3. The van der Waals surface area contributed by atoms with Crippen molar-refractivity contribution in [2.24, 2.45) is 0 Å². The molecule has 0 radical (unpaired) electrons. The number of aromatic nitrogens is 3. The summed E-state index contributed by atoms with van der Waals surface area (Å²) in [5.74, 6) is 0. The standard InChI is InChI=1S/C43H25N3O2/c1-2-10-28(11-3-1)45-35-15-7-4-12-29(35)32-24-26(18-21-37(32)45)27-19-22-38-33(25-27)30-13-5-8-16-36(30)46(38)43-44-34-20-23-40-41(42(34)48-43)31-14-6-9-17-39(31)47-40/h1-25H. The summed E-state index contributed by atoms with van der Waals surface area (Å²) in [6.45, 7) is 0. The van der Waals surface area contributed by atoms with Crippen molar-refractivity contribution in [2.45, 2.75) is 0 Å². The summed E-state index contributed by atoms with van der Waals surface area (Å²) in [6.07, 6.45) is 0. The highest BCUT2D eigenvalue weighted by molar-refractivity contribution is 6.17. The number of oxazole rings is 1. The first-order chi connectivity index (χ1) is 23.8. The van der Waals surface area contributed by atoms with Crippen molar-refractivity contribution >= 4 is 76.6 Å². The molecule has 5 heteroatoms. The van der Waals surface area contributed by atoms with E-state index in [1.54, 1.807) is 0 Å². The maximum atomic E-state index is 6.64. The van der Waals surface area contributed by atoms with Gasteiger partial charge >= 0.3 is 6.01 Å². The molecule has 4 aromatic heterocycles. The van der Waals surface area contributed by atoms with E-state index in [2.05, 4.69) is 130 Å². The zero-order valence-electron chi connectivity index (χ0n) is 25.6. The second-order valence-corrected chi connectivity index (χ2v) is 12.4. The Morgan fingerprint density at radius 3 is 1.73 bits per heavy atom. The van der Waals surface area contributed by atoms with Gasteiger partial charge in [0.1, 0.15) is 16.7 Å². The maximum absolute atomic E-state index is 6.64. The van der Waals surface area contributed by atoms with Crippen molar-refractivity contribution < 1.29 is 8.83 Å². The number of rotatable bonds is 3. The zero-order chi connectivity index (χ0) is 31.3. The first kappa shape index (κ1) is 25.6. The molecule has 0 saturated carbocycles. The molecule has 0 N–H and O–H groups in total. The van der Waals surface area contributed by atoms with Crippen molar-refractivity contribution in [2.75, 3.05) is 0 Å². The van der Waals surface area contributed by atoms with Crippen LogP contribution in [0.15, 0.2) is 160 Å². The fourth-order valence-corrected chi connectivity index (χ4v) is 7.64. The smallest absolute Gasteiger partial charge is 0.307 e. The Bertz CT molecular complexity index is 3070. The van der Waals surface area contributed by atoms with E-state index in [1.165, 1.54) is 27.4 Å². The molecule has 0 aliphatic carbocycles. The summed E-state index contributed by atoms with van der Waals surface area (Å²) in [5, 5.41) is 6.75. The maximum Gasteiger partial charge on any atom is 0.307 e. The minimum absolute atomic E-state index is 0.539. The molecule has 11 rings (SSSR count). The van der Waals surface area contributed by atoms with Gasteiger partial charge in [0, 0.05) is 32.6 Å². The molecule has 224 valence electrons. The molecule has 0 aliphatic heterocycles. The van der Waals surface area contributed by atoms with Crippen molar-refractivity contribution in [3.05, 3.63) is 152 Å². The molecule has 0 bridgehead atoms. The molecule has 11 aromatic rings. The molecule has 0 fully saturated rings. The van der Waals surface area contributed by atoms with Crippen molar-refractivity contribution in [1.29, 1.82) is 0 Å². The summed E-state index contributed by atoms with van der Waals surface area (Å²) in [7, 11) is 0. The molecule has 0 spiro atoms. The van der Waals surface area contributed by atoms with Crippen LogP contribution < -0.4 is 0 Å². The van der Waals surface area contributed by atoms with Gasteiger partial charge in [-0.3, -0.25) is 4.57 Å². The van der Waals surface area contributed by atoms with E-state index in [-0.39, 0.29) is 0 Å². The van der Waals surface area contributed by atoms with E-state index in [0.29, 0.717) is 6.01 Å². The van der Waals surface area contributed by atoms with Gasteiger partial charge in [0.25, 0.3) is 0 Å². The second-order valence-electron chi connectivity index (χ2n) is 12.4. The van der Waals surface area contributed by atoms with Gasteiger partial charge in [0.05, 0.1) is 27.5 Å². The topological polar surface area (TPSA) is 49.0 Å². The molecule has 0 saturated heterocycles. The van der Waals surface area contributed by atoms with Gasteiger partial charge in [-0.25, -0.2) is 0 Å². The van der Waals surface area contributed by atoms with Crippen LogP contribution in [0.1, 0.15) is 0 Å². The number of furan rings is 1. The lowest BCUT2D eigenvalue weighted by atomic mass is 10.0. The normalized spacial score (nSPS) is 12.2. The number of para-hydroxylation sites is 4. The summed E-state index contributed by atoms with van der Waals surface area (Å²) in [6, 6.07) is 53.8. The SMILES string of the molecule is c1ccc(-n2c3ccccc3c3cc(-c4ccc5c(c4)c4ccccc4n5-c4nc5ccc6oc7ccccc7c6c5o4)ccc32)cc1. The van der Waals surface area contributed by atoms with Crippen LogP contribution in [0.4, 0.5) is 0 Å². The van der Waals surface area contributed by atoms with Crippen LogP contribution in [-0.2, 0) is 0 Å². The number of benzene rings is 7. The zero-order valence-corrected chi connectivity index (χ0v) is 25.6. The molecule has 4 heterocycles. The highest BCUT2D eigenvalue weighted by Gasteiger charge is 2.21. The van der Waals surface area contributed by atoms with Crippen LogP contribution in [0, 0.1) is 0 Å². The number of nitrogens with zero attached hydrogens (tertiary/aromatic N) is 3. The van der Waals surface area contributed by atoms with Gasteiger partial charge in [-0.05, 0) is 77.9 Å². The van der Waals surface area contributed by atoms with E-state index >= 15 is 0 Å².